The quantitative estimate of drug-likeness (QED) is 0.670. The molecule has 1 amide bonds. The number of pyridine rings is 1. The fourth-order valence-corrected chi connectivity index (χ4v) is 3.18. The number of hydrogen-bond donors (Lipinski definition) is 2. The molecule has 24 heavy (non-hydrogen) atoms. The van der Waals surface area contributed by atoms with Crippen molar-refractivity contribution in [1.82, 2.24) is 10.3 Å². The number of carbonyl (C=O) groups is 1. The molecule has 1 aliphatic rings. The third kappa shape index (κ3) is 3.04. The molecule has 0 aliphatic heterocycles. The van der Waals surface area contributed by atoms with E-state index < -0.39 is 0 Å². The number of aromatic nitrogens is 1. The lowest BCUT2D eigenvalue weighted by atomic mass is 9.75. The third-order valence-corrected chi connectivity index (χ3v) is 4.30. The van der Waals surface area contributed by atoms with Crippen molar-refractivity contribution >= 4 is 11.6 Å². The molecular weight excluding hydrogens is 306 g/mol. The SMILES string of the molecule is Cc1c(C(=O)NCc2cccnc2)oc2c1/C(=N\O)CC(C)(C)C2. The van der Waals surface area contributed by atoms with E-state index in [1.165, 1.54) is 0 Å². The molecule has 0 radical (unpaired) electrons. The summed E-state index contributed by atoms with van der Waals surface area (Å²) in [5.41, 5.74) is 2.91. The van der Waals surface area contributed by atoms with Gasteiger partial charge in [-0.1, -0.05) is 25.1 Å². The van der Waals surface area contributed by atoms with Crippen molar-refractivity contribution in [2.24, 2.45) is 10.6 Å². The molecule has 0 bridgehead atoms. The molecule has 0 fully saturated rings. The van der Waals surface area contributed by atoms with Crippen molar-refractivity contribution in [2.75, 3.05) is 0 Å². The van der Waals surface area contributed by atoms with Gasteiger partial charge in [-0.25, -0.2) is 0 Å². The van der Waals surface area contributed by atoms with Crippen LogP contribution in [0.5, 0.6) is 0 Å². The first kappa shape index (κ1) is 16.2. The van der Waals surface area contributed by atoms with Gasteiger partial charge in [0.05, 0.1) is 5.71 Å². The van der Waals surface area contributed by atoms with Gasteiger partial charge < -0.3 is 14.9 Å². The zero-order chi connectivity index (χ0) is 17.3. The maximum atomic E-state index is 12.5. The zero-order valence-electron chi connectivity index (χ0n) is 14.1. The summed E-state index contributed by atoms with van der Waals surface area (Å²) >= 11 is 0. The van der Waals surface area contributed by atoms with Crippen molar-refractivity contribution in [1.29, 1.82) is 0 Å². The van der Waals surface area contributed by atoms with E-state index in [2.05, 4.69) is 29.3 Å². The van der Waals surface area contributed by atoms with Crippen LogP contribution >= 0.6 is 0 Å². The van der Waals surface area contributed by atoms with Crippen molar-refractivity contribution in [2.45, 2.75) is 40.2 Å². The van der Waals surface area contributed by atoms with Crippen LogP contribution in [0.4, 0.5) is 0 Å². The first-order valence-electron chi connectivity index (χ1n) is 7.92. The Kier molecular flexibility index (Phi) is 4.13. The monoisotopic (exact) mass is 327 g/mol. The highest BCUT2D eigenvalue weighted by atomic mass is 16.4. The van der Waals surface area contributed by atoms with Crippen LogP contribution in [0, 0.1) is 12.3 Å². The Morgan fingerprint density at radius 3 is 2.92 bits per heavy atom. The molecule has 0 atom stereocenters. The number of nitrogens with zero attached hydrogens (tertiary/aromatic N) is 2. The van der Waals surface area contributed by atoms with Crippen LogP contribution in [-0.4, -0.2) is 21.8 Å². The molecule has 3 rings (SSSR count). The van der Waals surface area contributed by atoms with E-state index in [0.29, 0.717) is 30.9 Å². The summed E-state index contributed by atoms with van der Waals surface area (Å²) in [5.74, 6) is 0.715. The fourth-order valence-electron chi connectivity index (χ4n) is 3.18. The first-order chi connectivity index (χ1) is 11.4. The van der Waals surface area contributed by atoms with Gasteiger partial charge in [-0.05, 0) is 30.4 Å². The van der Waals surface area contributed by atoms with Crippen LogP contribution in [0.25, 0.3) is 0 Å². The van der Waals surface area contributed by atoms with Gasteiger partial charge in [0.15, 0.2) is 5.76 Å². The highest BCUT2D eigenvalue weighted by molar-refractivity contribution is 6.06. The third-order valence-electron chi connectivity index (χ3n) is 4.30. The molecule has 126 valence electrons. The molecule has 0 spiro atoms. The van der Waals surface area contributed by atoms with Gasteiger partial charge in [0, 0.05) is 36.5 Å². The number of rotatable bonds is 3. The van der Waals surface area contributed by atoms with Gasteiger partial charge in [-0.2, -0.15) is 0 Å². The Morgan fingerprint density at radius 2 is 2.25 bits per heavy atom. The maximum absolute atomic E-state index is 12.5. The standard InChI is InChI=1S/C18H21N3O3/c1-11-15-13(21-23)7-18(2,3)8-14(15)24-16(11)17(22)20-10-12-5-4-6-19-9-12/h4-6,9,23H,7-8,10H2,1-3H3,(H,20,22)/b21-13-. The molecule has 0 saturated carbocycles. The van der Waals surface area contributed by atoms with E-state index in [4.69, 9.17) is 4.42 Å². The summed E-state index contributed by atoms with van der Waals surface area (Å²) in [4.78, 5) is 16.5. The molecule has 6 nitrogen and oxygen atoms in total. The van der Waals surface area contributed by atoms with E-state index in [-0.39, 0.29) is 17.1 Å². The summed E-state index contributed by atoms with van der Waals surface area (Å²) in [5, 5.41) is 15.6. The number of amides is 1. The number of fused-ring (bicyclic) bond motifs is 1. The van der Waals surface area contributed by atoms with Crippen molar-refractivity contribution in [3.8, 4) is 0 Å². The van der Waals surface area contributed by atoms with E-state index in [1.807, 2.05) is 19.1 Å². The van der Waals surface area contributed by atoms with Gasteiger partial charge in [-0.3, -0.25) is 9.78 Å². The average molecular weight is 327 g/mol. The predicted octanol–water partition coefficient (Wildman–Crippen LogP) is 3.06. The van der Waals surface area contributed by atoms with Crippen LogP contribution in [0.1, 0.15) is 53.3 Å². The first-order valence-corrected chi connectivity index (χ1v) is 7.92. The molecule has 2 N–H and O–H groups in total. The second kappa shape index (κ2) is 6.11. The number of nitrogens with one attached hydrogen (secondary N) is 1. The Morgan fingerprint density at radius 1 is 1.46 bits per heavy atom. The Labute approximate surface area is 140 Å². The van der Waals surface area contributed by atoms with Crippen molar-refractivity contribution < 1.29 is 14.4 Å². The van der Waals surface area contributed by atoms with Gasteiger partial charge in [0.25, 0.3) is 5.91 Å². The molecular formula is C18H21N3O3. The lowest BCUT2D eigenvalue weighted by Crippen LogP contribution is -2.27. The summed E-state index contributed by atoms with van der Waals surface area (Å²) in [6, 6.07) is 3.72. The summed E-state index contributed by atoms with van der Waals surface area (Å²) in [7, 11) is 0. The Hall–Kier alpha value is -2.63. The van der Waals surface area contributed by atoms with E-state index >= 15 is 0 Å². The summed E-state index contributed by atoms with van der Waals surface area (Å²) < 4.78 is 5.84. The number of hydrogen-bond acceptors (Lipinski definition) is 5. The molecule has 0 saturated heterocycles. The van der Waals surface area contributed by atoms with Gasteiger partial charge in [0.2, 0.25) is 0 Å². The zero-order valence-corrected chi connectivity index (χ0v) is 14.1. The van der Waals surface area contributed by atoms with Crippen molar-refractivity contribution in [3.63, 3.8) is 0 Å². The second-order valence-corrected chi connectivity index (χ2v) is 6.96. The van der Waals surface area contributed by atoms with Crippen LogP contribution in [0.15, 0.2) is 34.1 Å². The van der Waals surface area contributed by atoms with Crippen LogP contribution < -0.4 is 5.32 Å². The van der Waals surface area contributed by atoms with Gasteiger partial charge in [0.1, 0.15) is 5.76 Å². The number of carbonyl (C=O) groups excluding carboxylic acids is 1. The maximum Gasteiger partial charge on any atom is 0.287 e. The molecule has 1 aliphatic carbocycles. The molecule has 2 heterocycles. The summed E-state index contributed by atoms with van der Waals surface area (Å²) in [6.45, 7) is 6.37. The van der Waals surface area contributed by atoms with Crippen LogP contribution in [0.3, 0.4) is 0 Å². The predicted molar refractivity (Wildman–Crippen MR) is 89.3 cm³/mol. The van der Waals surface area contributed by atoms with E-state index in [0.717, 1.165) is 16.7 Å². The van der Waals surface area contributed by atoms with Crippen LogP contribution in [0.2, 0.25) is 0 Å². The minimum Gasteiger partial charge on any atom is -0.455 e. The topological polar surface area (TPSA) is 87.7 Å². The highest BCUT2D eigenvalue weighted by Gasteiger charge is 2.36. The van der Waals surface area contributed by atoms with E-state index in [1.54, 1.807) is 12.4 Å². The minimum absolute atomic E-state index is 0.0672. The smallest absolute Gasteiger partial charge is 0.287 e. The molecule has 2 aromatic heterocycles. The molecule has 2 aromatic rings. The minimum atomic E-state index is -0.277. The van der Waals surface area contributed by atoms with E-state index in [9.17, 15) is 10.0 Å². The Bertz CT molecular complexity index is 791. The average Bonchev–Trinajstić information content (AvgIpc) is 2.88. The lowest BCUT2D eigenvalue weighted by molar-refractivity contribution is 0.0919. The molecule has 6 heteroatoms. The number of furan rings is 1. The molecule has 0 unspecified atom stereocenters. The normalized spacial score (nSPS) is 17.5. The molecule has 0 aromatic carbocycles. The van der Waals surface area contributed by atoms with Gasteiger partial charge in [-0.15, -0.1) is 0 Å². The second-order valence-electron chi connectivity index (χ2n) is 6.96. The lowest BCUT2D eigenvalue weighted by Gasteiger charge is -2.28. The van der Waals surface area contributed by atoms with Crippen LogP contribution in [-0.2, 0) is 13.0 Å². The Balaban J connectivity index is 1.85. The fraction of sp³-hybridized carbons (Fsp3) is 0.389. The largest absolute Gasteiger partial charge is 0.455 e. The summed E-state index contributed by atoms with van der Waals surface area (Å²) in [6.07, 6.45) is 4.75. The van der Waals surface area contributed by atoms with Crippen molar-refractivity contribution in [3.05, 3.63) is 52.7 Å². The number of oxime groups is 1. The van der Waals surface area contributed by atoms with Gasteiger partial charge >= 0.3 is 0 Å². The highest BCUT2D eigenvalue weighted by Crippen LogP contribution is 2.38.